The van der Waals surface area contributed by atoms with Gasteiger partial charge < -0.3 is 5.32 Å². The normalized spacial score (nSPS) is 20.5. The first-order chi connectivity index (χ1) is 9.88. The van der Waals surface area contributed by atoms with Crippen molar-refractivity contribution in [1.82, 2.24) is 10.0 Å². The van der Waals surface area contributed by atoms with Gasteiger partial charge in [-0.15, -0.1) is 0 Å². The van der Waals surface area contributed by atoms with Gasteiger partial charge in [0.2, 0.25) is 10.0 Å². The second-order valence-electron chi connectivity index (χ2n) is 6.56. The van der Waals surface area contributed by atoms with E-state index >= 15 is 0 Å². The Balaban J connectivity index is 1.68. The Kier molecular flexibility index (Phi) is 4.16. The fourth-order valence-electron chi connectivity index (χ4n) is 2.16. The van der Waals surface area contributed by atoms with Crippen LogP contribution >= 0.6 is 15.9 Å². The van der Waals surface area contributed by atoms with Gasteiger partial charge in [0, 0.05) is 23.6 Å². The highest BCUT2D eigenvalue weighted by atomic mass is 79.9. The van der Waals surface area contributed by atoms with E-state index in [1.807, 2.05) is 12.1 Å². The van der Waals surface area contributed by atoms with E-state index < -0.39 is 10.0 Å². The highest BCUT2D eigenvalue weighted by Crippen LogP contribution is 2.44. The van der Waals surface area contributed by atoms with Gasteiger partial charge in [0.25, 0.3) is 0 Å². The quantitative estimate of drug-likeness (QED) is 0.773. The Bertz CT molecular complexity index is 637. The Labute approximate surface area is 134 Å². The molecule has 3 rings (SSSR count). The molecule has 2 fully saturated rings. The smallest absolute Gasteiger partial charge is 0.241 e. The van der Waals surface area contributed by atoms with E-state index in [0.29, 0.717) is 22.0 Å². The monoisotopic (exact) mass is 372 g/mol. The van der Waals surface area contributed by atoms with E-state index in [2.05, 4.69) is 32.9 Å². The summed E-state index contributed by atoms with van der Waals surface area (Å²) in [6.07, 6.45) is 4.69. The number of sulfonamides is 1. The standard InChI is InChI=1S/C15H21BrN2O2S/c1-15(6-7-15)10-18-21(19,20)14-5-2-11(8-13(14)16)9-17-12-3-4-12/h2,5,8,12,17-18H,3-4,6-7,9-10H2,1H3. The molecule has 0 heterocycles. The van der Waals surface area contributed by atoms with Gasteiger partial charge in [0.15, 0.2) is 0 Å². The number of rotatable bonds is 7. The molecule has 2 saturated carbocycles. The van der Waals surface area contributed by atoms with Crippen LogP contribution in [-0.4, -0.2) is 21.0 Å². The van der Waals surface area contributed by atoms with E-state index in [-0.39, 0.29) is 5.41 Å². The molecule has 0 saturated heterocycles. The van der Waals surface area contributed by atoms with Crippen molar-refractivity contribution >= 4 is 26.0 Å². The highest BCUT2D eigenvalue weighted by Gasteiger charge is 2.38. The lowest BCUT2D eigenvalue weighted by Gasteiger charge is -2.13. The molecular formula is C15H21BrN2O2S. The minimum Gasteiger partial charge on any atom is -0.310 e. The molecule has 0 aliphatic heterocycles. The molecule has 0 radical (unpaired) electrons. The van der Waals surface area contributed by atoms with Crippen molar-refractivity contribution in [3.63, 3.8) is 0 Å². The minimum atomic E-state index is -3.44. The number of nitrogens with one attached hydrogen (secondary N) is 2. The lowest BCUT2D eigenvalue weighted by atomic mass is 10.2. The fourth-order valence-corrected chi connectivity index (χ4v) is 4.48. The lowest BCUT2D eigenvalue weighted by molar-refractivity contribution is 0.530. The van der Waals surface area contributed by atoms with Gasteiger partial charge in [-0.25, -0.2) is 13.1 Å². The van der Waals surface area contributed by atoms with Crippen molar-refractivity contribution in [2.75, 3.05) is 6.54 Å². The van der Waals surface area contributed by atoms with Crippen LogP contribution in [-0.2, 0) is 16.6 Å². The summed E-state index contributed by atoms with van der Waals surface area (Å²) in [6.45, 7) is 3.42. The van der Waals surface area contributed by atoms with Gasteiger partial charge in [-0.1, -0.05) is 13.0 Å². The van der Waals surface area contributed by atoms with Crippen LogP contribution in [0.1, 0.15) is 38.2 Å². The second-order valence-corrected chi connectivity index (χ2v) is 9.14. The van der Waals surface area contributed by atoms with Crippen molar-refractivity contribution in [3.05, 3.63) is 28.2 Å². The maximum Gasteiger partial charge on any atom is 0.241 e. The predicted molar refractivity (Wildman–Crippen MR) is 86.5 cm³/mol. The van der Waals surface area contributed by atoms with Crippen LogP contribution in [0.4, 0.5) is 0 Å². The van der Waals surface area contributed by atoms with Gasteiger partial charge in [0.1, 0.15) is 0 Å². The molecule has 116 valence electrons. The first-order valence-electron chi connectivity index (χ1n) is 7.40. The van der Waals surface area contributed by atoms with E-state index in [9.17, 15) is 8.42 Å². The Morgan fingerprint density at radius 1 is 1.33 bits per heavy atom. The summed E-state index contributed by atoms with van der Waals surface area (Å²) in [5.41, 5.74) is 1.26. The summed E-state index contributed by atoms with van der Waals surface area (Å²) in [4.78, 5) is 0.321. The number of benzene rings is 1. The summed E-state index contributed by atoms with van der Waals surface area (Å²) in [7, 11) is -3.44. The van der Waals surface area contributed by atoms with Crippen LogP contribution < -0.4 is 10.0 Å². The van der Waals surface area contributed by atoms with Crippen molar-refractivity contribution < 1.29 is 8.42 Å². The second kappa shape index (κ2) is 5.65. The fraction of sp³-hybridized carbons (Fsp3) is 0.600. The van der Waals surface area contributed by atoms with Crippen molar-refractivity contribution in [2.24, 2.45) is 5.41 Å². The molecule has 0 unspecified atom stereocenters. The third kappa shape index (κ3) is 4.06. The maximum absolute atomic E-state index is 12.4. The van der Waals surface area contributed by atoms with E-state index in [0.717, 1.165) is 24.9 Å². The van der Waals surface area contributed by atoms with E-state index in [4.69, 9.17) is 0 Å². The number of halogens is 1. The predicted octanol–water partition coefficient (Wildman–Crippen LogP) is 2.78. The highest BCUT2D eigenvalue weighted by molar-refractivity contribution is 9.10. The Morgan fingerprint density at radius 3 is 2.62 bits per heavy atom. The summed E-state index contributed by atoms with van der Waals surface area (Å²) in [5.74, 6) is 0. The topological polar surface area (TPSA) is 58.2 Å². The zero-order valence-corrected chi connectivity index (χ0v) is 14.6. The molecule has 4 nitrogen and oxygen atoms in total. The van der Waals surface area contributed by atoms with Crippen LogP contribution in [0.3, 0.4) is 0 Å². The van der Waals surface area contributed by atoms with Gasteiger partial charge in [-0.2, -0.15) is 0 Å². The molecule has 0 atom stereocenters. The molecule has 1 aromatic carbocycles. The SMILES string of the molecule is CC1(CNS(=O)(=O)c2ccc(CNC3CC3)cc2Br)CC1. The van der Waals surface area contributed by atoms with Gasteiger partial charge in [0.05, 0.1) is 4.90 Å². The Morgan fingerprint density at radius 2 is 2.05 bits per heavy atom. The number of hydrogen-bond acceptors (Lipinski definition) is 3. The van der Waals surface area contributed by atoms with E-state index in [1.165, 1.54) is 12.8 Å². The minimum absolute atomic E-state index is 0.160. The molecule has 2 aliphatic carbocycles. The maximum atomic E-state index is 12.4. The summed E-state index contributed by atoms with van der Waals surface area (Å²) >= 11 is 3.39. The zero-order valence-electron chi connectivity index (χ0n) is 12.2. The van der Waals surface area contributed by atoms with Gasteiger partial charge >= 0.3 is 0 Å². The molecule has 0 amide bonds. The van der Waals surface area contributed by atoms with Crippen molar-refractivity contribution in [2.45, 2.75) is 50.1 Å². The third-order valence-electron chi connectivity index (χ3n) is 4.25. The summed E-state index contributed by atoms with van der Waals surface area (Å²) in [6, 6.07) is 6.11. The first kappa shape index (κ1) is 15.5. The summed E-state index contributed by atoms with van der Waals surface area (Å²) < 4.78 is 28.1. The van der Waals surface area contributed by atoms with Crippen molar-refractivity contribution in [3.8, 4) is 0 Å². The zero-order chi connectivity index (χ0) is 15.1. The first-order valence-corrected chi connectivity index (χ1v) is 9.67. The van der Waals surface area contributed by atoms with Gasteiger partial charge in [-0.3, -0.25) is 0 Å². The molecule has 6 heteroatoms. The van der Waals surface area contributed by atoms with Crippen LogP contribution in [0.25, 0.3) is 0 Å². The molecular weight excluding hydrogens is 352 g/mol. The number of hydrogen-bond donors (Lipinski definition) is 2. The van der Waals surface area contributed by atoms with Crippen LogP contribution in [0, 0.1) is 5.41 Å². The largest absolute Gasteiger partial charge is 0.310 e. The third-order valence-corrected chi connectivity index (χ3v) is 6.63. The average Bonchev–Trinajstić information content (AvgIpc) is 3.32. The molecule has 0 spiro atoms. The lowest BCUT2D eigenvalue weighted by Crippen LogP contribution is -2.29. The van der Waals surface area contributed by atoms with Crippen molar-refractivity contribution in [1.29, 1.82) is 0 Å². The molecule has 2 aliphatic rings. The van der Waals surface area contributed by atoms with Crippen LogP contribution in [0.2, 0.25) is 0 Å². The van der Waals surface area contributed by atoms with E-state index in [1.54, 1.807) is 6.07 Å². The average molecular weight is 373 g/mol. The van der Waals surface area contributed by atoms with Gasteiger partial charge in [-0.05, 0) is 64.7 Å². The molecule has 21 heavy (non-hydrogen) atoms. The molecule has 2 N–H and O–H groups in total. The molecule has 1 aromatic rings. The Hall–Kier alpha value is -0.430. The molecule has 0 bridgehead atoms. The van der Waals surface area contributed by atoms with Crippen LogP contribution in [0.5, 0.6) is 0 Å². The molecule has 0 aromatic heterocycles. The summed E-state index contributed by atoms with van der Waals surface area (Å²) in [5, 5.41) is 3.43. The van der Waals surface area contributed by atoms with Crippen LogP contribution in [0.15, 0.2) is 27.6 Å².